The summed E-state index contributed by atoms with van der Waals surface area (Å²) < 4.78 is 2.27. The fourth-order valence-electron chi connectivity index (χ4n) is 8.57. The second-order valence-corrected chi connectivity index (χ2v) is 15.7. The van der Waals surface area contributed by atoms with Crippen molar-refractivity contribution < 1.29 is 0 Å². The minimum absolute atomic E-state index is 0.425. The molecule has 0 amide bonds. The van der Waals surface area contributed by atoms with E-state index in [0.29, 0.717) is 39.6 Å². The van der Waals surface area contributed by atoms with Crippen molar-refractivity contribution in [1.82, 2.24) is 24.5 Å². The van der Waals surface area contributed by atoms with E-state index in [4.69, 9.17) is 19.9 Å². The average Bonchev–Trinajstić information content (AvgIpc) is 3.72. The molecule has 0 aliphatic carbocycles. The van der Waals surface area contributed by atoms with Crippen molar-refractivity contribution in [3.63, 3.8) is 0 Å². The van der Waals surface area contributed by atoms with Gasteiger partial charge in [0, 0.05) is 44.2 Å². The van der Waals surface area contributed by atoms with E-state index in [0.717, 1.165) is 78.0 Å². The summed E-state index contributed by atoms with van der Waals surface area (Å²) in [4.78, 5) is 21.2. The first-order valence-electron chi connectivity index (χ1n) is 21.2. The predicted molar refractivity (Wildman–Crippen MR) is 259 cm³/mol. The van der Waals surface area contributed by atoms with Gasteiger partial charge < -0.3 is 4.57 Å². The van der Waals surface area contributed by atoms with Crippen LogP contribution in [-0.2, 0) is 0 Å². The summed E-state index contributed by atoms with van der Waals surface area (Å²) in [5.74, 6) is 1.00. The molecule has 0 fully saturated rings. The first-order chi connectivity index (χ1) is 32.1. The Morgan fingerprint density at radius 1 is 0.323 bits per heavy atom. The third-order valence-corrected chi connectivity index (χ3v) is 11.7. The first-order valence-corrected chi connectivity index (χ1v) is 21.2. The first kappa shape index (κ1) is 38.6. The van der Waals surface area contributed by atoms with Crippen LogP contribution in [0.3, 0.4) is 0 Å². The van der Waals surface area contributed by atoms with Crippen LogP contribution in [0.25, 0.3) is 106 Å². The van der Waals surface area contributed by atoms with Gasteiger partial charge in [0.25, 0.3) is 0 Å². The molecule has 0 saturated carbocycles. The van der Waals surface area contributed by atoms with Gasteiger partial charge in [0.1, 0.15) is 0 Å². The van der Waals surface area contributed by atoms with Gasteiger partial charge in [-0.1, -0.05) is 164 Å². The van der Waals surface area contributed by atoms with Gasteiger partial charge in [-0.2, -0.15) is 10.5 Å². The Morgan fingerprint density at radius 3 is 1.37 bits per heavy atom. The molecule has 0 radical (unpaired) electrons. The Balaban J connectivity index is 1.29. The van der Waals surface area contributed by atoms with Crippen LogP contribution in [0.5, 0.6) is 0 Å². The highest BCUT2D eigenvalue weighted by atomic mass is 15.0. The molecule has 0 atom stereocenters. The lowest BCUT2D eigenvalue weighted by atomic mass is 9.97. The fraction of sp³-hybridized carbons (Fsp3) is 0. The van der Waals surface area contributed by atoms with Crippen LogP contribution in [0.1, 0.15) is 11.1 Å². The van der Waals surface area contributed by atoms with Gasteiger partial charge in [-0.3, -0.25) is 0 Å². The number of nitriles is 2. The van der Waals surface area contributed by atoms with Crippen molar-refractivity contribution in [2.75, 3.05) is 0 Å². The van der Waals surface area contributed by atoms with E-state index < -0.39 is 0 Å². The van der Waals surface area contributed by atoms with Crippen LogP contribution in [-0.4, -0.2) is 24.5 Å². The summed E-state index contributed by atoms with van der Waals surface area (Å²) in [6.07, 6.45) is 0. The molecule has 0 bridgehead atoms. The van der Waals surface area contributed by atoms with Gasteiger partial charge in [-0.15, -0.1) is 0 Å². The molecule has 0 aliphatic rings. The SMILES string of the molecule is N#Cc1ccc(-c2ccc3c4ccccc4n(-c4c(-c5cc(-c6ccccc6)nc(-c6ccccc6)n5)cc(C#N)cc4-c4nc(-c5ccccc5)cc(-c5ccccc5)n4)c3c2)cc1. The molecular formula is C58H35N7. The van der Waals surface area contributed by atoms with Crippen molar-refractivity contribution >= 4 is 21.8 Å². The van der Waals surface area contributed by atoms with Crippen molar-refractivity contribution in [1.29, 1.82) is 10.5 Å². The third kappa shape index (κ3) is 7.26. The lowest BCUT2D eigenvalue weighted by Crippen LogP contribution is -2.06. The van der Waals surface area contributed by atoms with Gasteiger partial charge >= 0.3 is 0 Å². The summed E-state index contributed by atoms with van der Waals surface area (Å²) in [5.41, 5.74) is 13.5. The van der Waals surface area contributed by atoms with Crippen LogP contribution in [0, 0.1) is 22.7 Å². The van der Waals surface area contributed by atoms with E-state index in [1.807, 2.05) is 176 Å². The lowest BCUT2D eigenvalue weighted by molar-refractivity contribution is 1.13. The molecule has 11 rings (SSSR count). The number of para-hydroxylation sites is 1. The van der Waals surface area contributed by atoms with Gasteiger partial charge in [0.2, 0.25) is 0 Å². The van der Waals surface area contributed by atoms with Crippen LogP contribution in [0.15, 0.2) is 212 Å². The Kier molecular flexibility index (Phi) is 9.82. The number of hydrogen-bond acceptors (Lipinski definition) is 6. The monoisotopic (exact) mass is 829 g/mol. The normalized spacial score (nSPS) is 11.0. The highest BCUT2D eigenvalue weighted by Gasteiger charge is 2.25. The summed E-state index contributed by atoms with van der Waals surface area (Å²) in [6.45, 7) is 0. The largest absolute Gasteiger partial charge is 0.308 e. The second kappa shape index (κ2) is 16.5. The van der Waals surface area contributed by atoms with Gasteiger partial charge in [-0.25, -0.2) is 19.9 Å². The van der Waals surface area contributed by atoms with Crippen molar-refractivity contribution in [2.45, 2.75) is 0 Å². The van der Waals surface area contributed by atoms with E-state index in [-0.39, 0.29) is 0 Å². The van der Waals surface area contributed by atoms with Gasteiger partial charge in [-0.05, 0) is 59.7 Å². The zero-order chi connectivity index (χ0) is 43.7. The molecule has 11 aromatic rings. The molecule has 3 heterocycles. The molecule has 7 heteroatoms. The molecular weight excluding hydrogens is 795 g/mol. The Labute approximate surface area is 375 Å². The highest BCUT2D eigenvalue weighted by Crippen LogP contribution is 2.43. The number of rotatable bonds is 8. The Hall–Kier alpha value is -9.30. The van der Waals surface area contributed by atoms with Gasteiger partial charge in [0.15, 0.2) is 11.6 Å². The number of fused-ring (bicyclic) bond motifs is 3. The average molecular weight is 830 g/mol. The van der Waals surface area contributed by atoms with E-state index in [9.17, 15) is 10.5 Å². The highest BCUT2D eigenvalue weighted by molar-refractivity contribution is 6.11. The van der Waals surface area contributed by atoms with Crippen LogP contribution < -0.4 is 0 Å². The number of aromatic nitrogens is 5. The van der Waals surface area contributed by atoms with E-state index in [1.165, 1.54) is 0 Å². The maximum atomic E-state index is 10.9. The van der Waals surface area contributed by atoms with E-state index in [1.54, 1.807) is 0 Å². The van der Waals surface area contributed by atoms with Crippen molar-refractivity contribution in [3.05, 3.63) is 223 Å². The third-order valence-electron chi connectivity index (χ3n) is 11.7. The number of nitrogens with zero attached hydrogens (tertiary/aromatic N) is 7. The molecule has 0 N–H and O–H groups in total. The summed E-state index contributed by atoms with van der Waals surface area (Å²) in [6, 6.07) is 75.4. The Bertz CT molecular complexity index is 3380. The minimum Gasteiger partial charge on any atom is -0.308 e. The van der Waals surface area contributed by atoms with Crippen molar-refractivity contribution in [2.24, 2.45) is 0 Å². The van der Waals surface area contributed by atoms with Gasteiger partial charge in [0.05, 0.1) is 62.8 Å². The summed E-state index contributed by atoms with van der Waals surface area (Å²) in [5, 5.41) is 22.6. The summed E-state index contributed by atoms with van der Waals surface area (Å²) >= 11 is 0. The predicted octanol–water partition coefficient (Wildman–Crippen LogP) is 13.8. The molecule has 0 saturated heterocycles. The molecule has 7 nitrogen and oxygen atoms in total. The molecule has 0 aliphatic heterocycles. The standard InChI is InChI=1S/C58H35N7/c59-36-38-25-27-40(28-26-38)45-29-30-47-46-23-13-14-24-54(46)65(55(47)33-45)56-48(53-35-52(43-19-9-3-10-20-43)61-57(64-53)44-21-11-4-12-22-44)31-39(37-60)32-49(56)58-62-50(41-15-5-1-6-16-41)34-51(63-58)42-17-7-2-8-18-42/h1-35H. The second-order valence-electron chi connectivity index (χ2n) is 15.7. The minimum atomic E-state index is 0.425. The number of benzene rings is 8. The molecule has 65 heavy (non-hydrogen) atoms. The zero-order valence-electron chi connectivity index (χ0n) is 34.8. The van der Waals surface area contributed by atoms with Crippen LogP contribution in [0.2, 0.25) is 0 Å². The topological polar surface area (TPSA) is 104 Å². The number of hydrogen-bond donors (Lipinski definition) is 0. The maximum absolute atomic E-state index is 10.9. The molecule has 8 aromatic carbocycles. The molecule has 0 unspecified atom stereocenters. The zero-order valence-corrected chi connectivity index (χ0v) is 34.8. The molecule has 302 valence electrons. The van der Waals surface area contributed by atoms with Crippen molar-refractivity contribution in [3.8, 4) is 96.8 Å². The fourth-order valence-corrected chi connectivity index (χ4v) is 8.57. The maximum Gasteiger partial charge on any atom is 0.162 e. The summed E-state index contributed by atoms with van der Waals surface area (Å²) in [7, 11) is 0. The molecule has 3 aromatic heterocycles. The smallest absolute Gasteiger partial charge is 0.162 e. The van der Waals surface area contributed by atoms with E-state index >= 15 is 0 Å². The quantitative estimate of drug-likeness (QED) is 0.151. The Morgan fingerprint density at radius 2 is 0.785 bits per heavy atom. The van der Waals surface area contributed by atoms with Crippen LogP contribution in [0.4, 0.5) is 0 Å². The lowest BCUT2D eigenvalue weighted by Gasteiger charge is -2.20. The van der Waals surface area contributed by atoms with Crippen LogP contribution >= 0.6 is 0 Å². The molecule has 0 spiro atoms. The van der Waals surface area contributed by atoms with E-state index in [2.05, 4.69) is 53.1 Å².